The van der Waals surface area contributed by atoms with E-state index in [1.807, 2.05) is 24.3 Å². The van der Waals surface area contributed by atoms with E-state index in [0.29, 0.717) is 0 Å². The fraction of sp³-hybridized carbons (Fsp3) is 0.333. The summed E-state index contributed by atoms with van der Waals surface area (Å²) in [6.07, 6.45) is 3.14. The predicted octanol–water partition coefficient (Wildman–Crippen LogP) is 2.02. The van der Waals surface area contributed by atoms with Crippen molar-refractivity contribution in [3.63, 3.8) is 0 Å². The van der Waals surface area contributed by atoms with E-state index in [1.165, 1.54) is 11.0 Å². The lowest BCUT2D eigenvalue weighted by molar-refractivity contribution is -0.143. The van der Waals surface area contributed by atoms with Gasteiger partial charge in [0.2, 0.25) is 5.91 Å². The number of halogens is 1. The first-order valence-corrected chi connectivity index (χ1v) is 7.30. The van der Waals surface area contributed by atoms with E-state index < -0.39 is 17.9 Å². The number of amides is 1. The Morgan fingerprint density at radius 2 is 2.10 bits per heavy atom. The molecule has 112 valence electrons. The van der Waals surface area contributed by atoms with Crippen molar-refractivity contribution >= 4 is 33.9 Å². The summed E-state index contributed by atoms with van der Waals surface area (Å²) in [4.78, 5) is 24.7. The van der Waals surface area contributed by atoms with E-state index in [9.17, 15) is 9.59 Å². The molecule has 2 unspecified atom stereocenters. The van der Waals surface area contributed by atoms with Crippen molar-refractivity contribution in [3.8, 4) is 0 Å². The summed E-state index contributed by atoms with van der Waals surface area (Å²) >= 11 is 3.40. The standard InChI is InChI=1S/C15H16BrNO4/c1-17(13-9-21-8-11(13)15(19)20)14(18)7-6-10-4-2-3-5-12(10)16/h2-7,11,13H,8-9H2,1H3,(H,19,20). The fourth-order valence-corrected chi connectivity index (χ4v) is 2.63. The first-order valence-electron chi connectivity index (χ1n) is 6.50. The zero-order valence-electron chi connectivity index (χ0n) is 11.5. The smallest absolute Gasteiger partial charge is 0.311 e. The molecular formula is C15H16BrNO4. The maximum absolute atomic E-state index is 12.2. The van der Waals surface area contributed by atoms with Crippen LogP contribution < -0.4 is 0 Å². The zero-order valence-corrected chi connectivity index (χ0v) is 13.1. The molecule has 0 spiro atoms. The molecule has 1 fully saturated rings. The molecule has 1 amide bonds. The SMILES string of the molecule is CN(C(=O)C=Cc1ccccc1Br)C1COCC1C(=O)O. The second-order valence-electron chi connectivity index (χ2n) is 4.85. The number of benzene rings is 1. The summed E-state index contributed by atoms with van der Waals surface area (Å²) in [6.45, 7) is 0.396. The average Bonchev–Trinajstić information content (AvgIpc) is 2.95. The second kappa shape index (κ2) is 6.87. The summed E-state index contributed by atoms with van der Waals surface area (Å²) in [5, 5.41) is 9.12. The number of hydrogen-bond donors (Lipinski definition) is 1. The Labute approximate surface area is 131 Å². The highest BCUT2D eigenvalue weighted by Crippen LogP contribution is 2.20. The van der Waals surface area contributed by atoms with Crippen molar-refractivity contribution in [1.29, 1.82) is 0 Å². The largest absolute Gasteiger partial charge is 0.481 e. The van der Waals surface area contributed by atoms with E-state index >= 15 is 0 Å². The quantitative estimate of drug-likeness (QED) is 0.841. The van der Waals surface area contributed by atoms with Gasteiger partial charge < -0.3 is 14.7 Å². The van der Waals surface area contributed by atoms with Gasteiger partial charge in [-0.05, 0) is 17.7 Å². The Hall–Kier alpha value is -1.66. The van der Waals surface area contributed by atoms with Crippen LogP contribution in [0.4, 0.5) is 0 Å². The van der Waals surface area contributed by atoms with Crippen LogP contribution >= 0.6 is 15.9 Å². The molecule has 0 aromatic heterocycles. The second-order valence-corrected chi connectivity index (χ2v) is 5.71. The van der Waals surface area contributed by atoms with E-state index in [2.05, 4.69) is 15.9 Å². The van der Waals surface area contributed by atoms with Crippen LogP contribution in [0.1, 0.15) is 5.56 Å². The molecule has 6 heteroatoms. The van der Waals surface area contributed by atoms with E-state index in [-0.39, 0.29) is 19.1 Å². The average molecular weight is 354 g/mol. The Morgan fingerprint density at radius 3 is 2.76 bits per heavy atom. The van der Waals surface area contributed by atoms with Crippen molar-refractivity contribution in [1.82, 2.24) is 4.90 Å². The number of hydrogen-bond acceptors (Lipinski definition) is 3. The molecule has 2 atom stereocenters. The maximum Gasteiger partial charge on any atom is 0.311 e. The molecule has 0 aliphatic carbocycles. The first-order chi connectivity index (χ1) is 10.0. The maximum atomic E-state index is 12.2. The molecule has 1 aromatic rings. The zero-order chi connectivity index (χ0) is 15.4. The molecule has 1 aliphatic rings. The van der Waals surface area contributed by atoms with Gasteiger partial charge in [0.05, 0.1) is 19.3 Å². The molecule has 5 nitrogen and oxygen atoms in total. The van der Waals surface area contributed by atoms with Gasteiger partial charge >= 0.3 is 5.97 Å². The Balaban J connectivity index is 2.06. The van der Waals surface area contributed by atoms with Crippen molar-refractivity contribution in [3.05, 3.63) is 40.4 Å². The van der Waals surface area contributed by atoms with Crippen molar-refractivity contribution < 1.29 is 19.4 Å². The summed E-state index contributed by atoms with van der Waals surface area (Å²) in [6, 6.07) is 7.11. The molecule has 0 saturated carbocycles. The third-order valence-corrected chi connectivity index (χ3v) is 4.25. The lowest BCUT2D eigenvalue weighted by Crippen LogP contribution is -2.43. The molecule has 1 aromatic carbocycles. The summed E-state index contributed by atoms with van der Waals surface area (Å²) in [5.74, 6) is -1.85. The van der Waals surface area contributed by atoms with Gasteiger partial charge in [0.25, 0.3) is 0 Å². The normalized spacial score (nSPS) is 21.6. The van der Waals surface area contributed by atoms with Crippen LogP contribution in [0.3, 0.4) is 0 Å². The lowest BCUT2D eigenvalue weighted by Gasteiger charge is -2.25. The van der Waals surface area contributed by atoms with Gasteiger partial charge in [-0.2, -0.15) is 0 Å². The van der Waals surface area contributed by atoms with Gasteiger partial charge in [0, 0.05) is 17.6 Å². The third kappa shape index (κ3) is 3.71. The van der Waals surface area contributed by atoms with Crippen LogP contribution in [0.2, 0.25) is 0 Å². The van der Waals surface area contributed by atoms with E-state index in [1.54, 1.807) is 13.1 Å². The molecule has 2 rings (SSSR count). The minimum absolute atomic E-state index is 0.144. The Bertz CT molecular complexity index is 573. The molecular weight excluding hydrogens is 338 g/mol. The van der Waals surface area contributed by atoms with Crippen LogP contribution in [0, 0.1) is 5.92 Å². The number of rotatable bonds is 4. The molecule has 0 radical (unpaired) electrons. The molecule has 1 N–H and O–H groups in total. The van der Waals surface area contributed by atoms with Gasteiger partial charge in [-0.1, -0.05) is 34.1 Å². The highest BCUT2D eigenvalue weighted by Gasteiger charge is 2.37. The predicted molar refractivity (Wildman–Crippen MR) is 81.7 cm³/mol. The fourth-order valence-electron chi connectivity index (χ4n) is 2.21. The Kier molecular flexibility index (Phi) is 5.14. The van der Waals surface area contributed by atoms with Gasteiger partial charge in [-0.3, -0.25) is 9.59 Å². The molecule has 21 heavy (non-hydrogen) atoms. The van der Waals surface area contributed by atoms with Gasteiger partial charge in [-0.25, -0.2) is 0 Å². The van der Waals surface area contributed by atoms with Crippen molar-refractivity contribution in [2.24, 2.45) is 5.92 Å². The monoisotopic (exact) mass is 353 g/mol. The molecule has 1 aliphatic heterocycles. The Morgan fingerprint density at radius 1 is 1.38 bits per heavy atom. The number of carbonyl (C=O) groups is 2. The van der Waals surface area contributed by atoms with Crippen LogP contribution in [0.15, 0.2) is 34.8 Å². The minimum atomic E-state index is -0.938. The molecule has 0 bridgehead atoms. The molecule has 1 saturated heterocycles. The summed E-state index contributed by atoms with van der Waals surface area (Å²) in [5.41, 5.74) is 0.886. The number of carboxylic acids is 1. The van der Waals surface area contributed by atoms with Gasteiger partial charge in [0.15, 0.2) is 0 Å². The van der Waals surface area contributed by atoms with Gasteiger partial charge in [-0.15, -0.1) is 0 Å². The highest BCUT2D eigenvalue weighted by atomic mass is 79.9. The number of likely N-dealkylation sites (N-methyl/N-ethyl adjacent to an activating group) is 1. The number of nitrogens with zero attached hydrogens (tertiary/aromatic N) is 1. The van der Waals surface area contributed by atoms with Crippen molar-refractivity contribution in [2.75, 3.05) is 20.3 Å². The number of ether oxygens (including phenoxy) is 1. The molecule has 1 heterocycles. The van der Waals surface area contributed by atoms with Gasteiger partial charge in [0.1, 0.15) is 5.92 Å². The first kappa shape index (κ1) is 15.7. The highest BCUT2D eigenvalue weighted by molar-refractivity contribution is 9.10. The third-order valence-electron chi connectivity index (χ3n) is 3.52. The van der Waals surface area contributed by atoms with Crippen LogP contribution in [-0.4, -0.2) is 48.2 Å². The number of carboxylic acid groups (broad SMARTS) is 1. The van der Waals surface area contributed by atoms with Crippen molar-refractivity contribution in [2.45, 2.75) is 6.04 Å². The minimum Gasteiger partial charge on any atom is -0.481 e. The van der Waals surface area contributed by atoms with Crippen LogP contribution in [-0.2, 0) is 14.3 Å². The summed E-state index contributed by atoms with van der Waals surface area (Å²) < 4.78 is 6.07. The topological polar surface area (TPSA) is 66.8 Å². The summed E-state index contributed by atoms with van der Waals surface area (Å²) in [7, 11) is 1.60. The van der Waals surface area contributed by atoms with Crippen LogP contribution in [0.25, 0.3) is 6.08 Å². The lowest BCUT2D eigenvalue weighted by atomic mass is 10.0. The van der Waals surface area contributed by atoms with E-state index in [4.69, 9.17) is 9.84 Å². The number of carbonyl (C=O) groups excluding carboxylic acids is 1. The van der Waals surface area contributed by atoms with E-state index in [0.717, 1.165) is 10.0 Å². The number of aliphatic carboxylic acids is 1. The van der Waals surface area contributed by atoms with Crippen LogP contribution in [0.5, 0.6) is 0 Å².